The van der Waals surface area contributed by atoms with Crippen LogP contribution in [0.5, 0.6) is 0 Å². The molecule has 86 valence electrons. The van der Waals surface area contributed by atoms with Crippen LogP contribution in [0, 0.1) is 22.7 Å². The highest BCUT2D eigenvalue weighted by Crippen LogP contribution is 2.43. The molecule has 0 aliphatic heterocycles. The monoisotopic (exact) mass is 234 g/mol. The van der Waals surface area contributed by atoms with Crippen molar-refractivity contribution in [2.45, 2.75) is 46.0 Å². The van der Waals surface area contributed by atoms with E-state index in [1.54, 1.807) is 11.3 Å². The average molecular weight is 234 g/mol. The van der Waals surface area contributed by atoms with Crippen LogP contribution in [-0.2, 0) is 12.8 Å². The summed E-state index contributed by atoms with van der Waals surface area (Å²) in [5.41, 5.74) is 1.12. The van der Waals surface area contributed by atoms with Gasteiger partial charge < -0.3 is 0 Å². The normalized spacial score (nSPS) is 18.1. The van der Waals surface area contributed by atoms with E-state index in [1.165, 1.54) is 12.1 Å². The lowest BCUT2D eigenvalue weighted by Gasteiger charge is -2.34. The van der Waals surface area contributed by atoms with Crippen molar-refractivity contribution in [3.05, 3.63) is 16.1 Å². The molecule has 2 rings (SSSR count). The molecule has 2 nitrogen and oxygen atoms in total. The molecule has 3 heteroatoms. The predicted octanol–water partition coefficient (Wildman–Crippen LogP) is 3.58. The lowest BCUT2D eigenvalue weighted by atomic mass is 9.68. The Morgan fingerprint density at radius 2 is 2.31 bits per heavy atom. The highest BCUT2D eigenvalue weighted by atomic mass is 32.1. The Kier molecular flexibility index (Phi) is 3.30. The van der Waals surface area contributed by atoms with Crippen LogP contribution in [0.1, 0.15) is 43.8 Å². The molecule has 16 heavy (non-hydrogen) atoms. The standard InChI is InChI=1S/C13H18N2S/c1-10(2)6-11-8-16-12(15-11)7-13(9-14)4-3-5-13/h8,10H,3-7H2,1-2H3. The fraction of sp³-hybridized carbons (Fsp3) is 0.692. The van der Waals surface area contributed by atoms with Crippen molar-refractivity contribution < 1.29 is 0 Å². The minimum atomic E-state index is -0.0764. The predicted molar refractivity (Wildman–Crippen MR) is 66.3 cm³/mol. The number of nitrogens with zero attached hydrogens (tertiary/aromatic N) is 2. The average Bonchev–Trinajstić information content (AvgIpc) is 2.58. The summed E-state index contributed by atoms with van der Waals surface area (Å²) in [4.78, 5) is 4.63. The van der Waals surface area contributed by atoms with Crippen molar-refractivity contribution >= 4 is 11.3 Å². The minimum Gasteiger partial charge on any atom is -0.246 e. The summed E-state index contributed by atoms with van der Waals surface area (Å²) in [6.45, 7) is 4.42. The quantitative estimate of drug-likeness (QED) is 0.798. The van der Waals surface area contributed by atoms with Crippen molar-refractivity contribution in [3.8, 4) is 6.07 Å². The summed E-state index contributed by atoms with van der Waals surface area (Å²) in [7, 11) is 0. The molecule has 1 aromatic rings. The third kappa shape index (κ3) is 2.44. The zero-order valence-electron chi connectivity index (χ0n) is 9.99. The van der Waals surface area contributed by atoms with Crippen LogP contribution in [0.3, 0.4) is 0 Å². The van der Waals surface area contributed by atoms with E-state index in [1.807, 2.05) is 0 Å². The van der Waals surface area contributed by atoms with Gasteiger partial charge in [-0.05, 0) is 25.2 Å². The molecule has 1 aromatic heterocycles. The van der Waals surface area contributed by atoms with Crippen LogP contribution in [-0.4, -0.2) is 4.98 Å². The molecule has 0 N–H and O–H groups in total. The van der Waals surface area contributed by atoms with Gasteiger partial charge in [-0.3, -0.25) is 0 Å². The third-order valence-corrected chi connectivity index (χ3v) is 4.15. The van der Waals surface area contributed by atoms with Crippen LogP contribution in [0.2, 0.25) is 0 Å². The minimum absolute atomic E-state index is 0.0764. The van der Waals surface area contributed by atoms with Gasteiger partial charge in [-0.25, -0.2) is 4.98 Å². The lowest BCUT2D eigenvalue weighted by molar-refractivity contribution is 0.214. The number of aromatic nitrogens is 1. The summed E-state index contributed by atoms with van der Waals surface area (Å²) >= 11 is 1.72. The van der Waals surface area contributed by atoms with Gasteiger partial charge in [-0.1, -0.05) is 20.3 Å². The first-order valence-electron chi connectivity index (χ1n) is 5.98. The Morgan fingerprint density at radius 3 is 2.81 bits per heavy atom. The SMILES string of the molecule is CC(C)Cc1csc(CC2(C#N)CCC2)n1. The molecular weight excluding hydrogens is 216 g/mol. The van der Waals surface area contributed by atoms with E-state index in [0.29, 0.717) is 5.92 Å². The Labute approximate surface area is 101 Å². The topological polar surface area (TPSA) is 36.7 Å². The van der Waals surface area contributed by atoms with E-state index in [-0.39, 0.29) is 5.41 Å². The summed E-state index contributed by atoms with van der Waals surface area (Å²) in [6.07, 6.45) is 5.24. The zero-order valence-corrected chi connectivity index (χ0v) is 10.8. The first kappa shape index (κ1) is 11.6. The summed E-state index contributed by atoms with van der Waals surface area (Å²) in [6, 6.07) is 2.48. The largest absolute Gasteiger partial charge is 0.246 e. The maximum Gasteiger partial charge on any atom is 0.0944 e. The van der Waals surface area contributed by atoms with Crippen molar-refractivity contribution in [3.63, 3.8) is 0 Å². The molecule has 0 atom stereocenters. The Bertz CT molecular complexity index is 396. The molecule has 0 spiro atoms. The third-order valence-electron chi connectivity index (χ3n) is 3.25. The van der Waals surface area contributed by atoms with Gasteiger partial charge in [0.15, 0.2) is 0 Å². The van der Waals surface area contributed by atoms with Crippen LogP contribution in [0.25, 0.3) is 0 Å². The molecule has 0 radical (unpaired) electrons. The van der Waals surface area contributed by atoms with Gasteiger partial charge in [-0.2, -0.15) is 5.26 Å². The Morgan fingerprint density at radius 1 is 1.56 bits per heavy atom. The fourth-order valence-electron chi connectivity index (χ4n) is 2.16. The molecule has 1 fully saturated rings. The van der Waals surface area contributed by atoms with E-state index in [9.17, 15) is 5.26 Å². The Hall–Kier alpha value is -0.880. The molecule has 0 unspecified atom stereocenters. The van der Waals surface area contributed by atoms with Crippen molar-refractivity contribution in [2.75, 3.05) is 0 Å². The van der Waals surface area contributed by atoms with Crippen molar-refractivity contribution in [1.29, 1.82) is 5.26 Å². The number of thiazole rings is 1. The van der Waals surface area contributed by atoms with Crippen LogP contribution >= 0.6 is 11.3 Å². The molecule has 0 amide bonds. The van der Waals surface area contributed by atoms with Gasteiger partial charge in [0.25, 0.3) is 0 Å². The lowest BCUT2D eigenvalue weighted by Crippen LogP contribution is -2.29. The van der Waals surface area contributed by atoms with Gasteiger partial charge in [0.2, 0.25) is 0 Å². The maximum atomic E-state index is 9.18. The Balaban J connectivity index is 2.00. The van der Waals surface area contributed by atoms with Crippen molar-refractivity contribution in [1.82, 2.24) is 4.98 Å². The molecule has 0 bridgehead atoms. The number of nitriles is 1. The molecule has 0 aromatic carbocycles. The van der Waals surface area contributed by atoms with Crippen LogP contribution < -0.4 is 0 Å². The molecule has 1 aliphatic rings. The maximum absolute atomic E-state index is 9.18. The smallest absolute Gasteiger partial charge is 0.0944 e. The van der Waals surface area contributed by atoms with Gasteiger partial charge in [-0.15, -0.1) is 11.3 Å². The second-order valence-corrected chi connectivity index (χ2v) is 6.20. The highest BCUT2D eigenvalue weighted by Gasteiger charge is 2.38. The summed E-state index contributed by atoms with van der Waals surface area (Å²) < 4.78 is 0. The highest BCUT2D eigenvalue weighted by molar-refractivity contribution is 7.09. The molecular formula is C13H18N2S. The van der Waals surface area contributed by atoms with Gasteiger partial charge >= 0.3 is 0 Å². The fourth-order valence-corrected chi connectivity index (χ4v) is 3.11. The van der Waals surface area contributed by atoms with E-state index < -0.39 is 0 Å². The summed E-state index contributed by atoms with van der Waals surface area (Å²) in [5.74, 6) is 0.656. The van der Waals surface area contributed by atoms with Crippen LogP contribution in [0.4, 0.5) is 0 Å². The van der Waals surface area contributed by atoms with E-state index in [4.69, 9.17) is 0 Å². The molecule has 1 heterocycles. The van der Waals surface area contributed by atoms with Crippen molar-refractivity contribution in [2.24, 2.45) is 11.3 Å². The van der Waals surface area contributed by atoms with Crippen LogP contribution in [0.15, 0.2) is 5.38 Å². The molecule has 1 saturated carbocycles. The summed E-state index contributed by atoms with van der Waals surface area (Å²) in [5, 5.41) is 12.5. The molecule has 0 saturated heterocycles. The van der Waals surface area contributed by atoms with E-state index in [2.05, 4.69) is 30.3 Å². The van der Waals surface area contributed by atoms with Gasteiger partial charge in [0, 0.05) is 11.8 Å². The number of rotatable bonds is 4. The van der Waals surface area contributed by atoms with Gasteiger partial charge in [0.1, 0.15) is 0 Å². The zero-order chi connectivity index (χ0) is 11.6. The number of hydrogen-bond donors (Lipinski definition) is 0. The second-order valence-electron chi connectivity index (χ2n) is 5.25. The molecule has 1 aliphatic carbocycles. The number of hydrogen-bond acceptors (Lipinski definition) is 3. The second kappa shape index (κ2) is 4.55. The first-order chi connectivity index (χ1) is 7.63. The van der Waals surface area contributed by atoms with E-state index in [0.717, 1.165) is 30.7 Å². The van der Waals surface area contributed by atoms with Gasteiger partial charge in [0.05, 0.1) is 22.2 Å². The first-order valence-corrected chi connectivity index (χ1v) is 6.86. The van der Waals surface area contributed by atoms with E-state index >= 15 is 0 Å².